The first-order chi connectivity index (χ1) is 9.45. The van der Waals surface area contributed by atoms with Gasteiger partial charge in [0.25, 0.3) is 0 Å². The molecule has 0 aromatic heterocycles. The second-order valence-electron chi connectivity index (χ2n) is 4.77. The Labute approximate surface area is 126 Å². The largest absolute Gasteiger partial charge is 0.496 e. The zero-order chi connectivity index (χ0) is 14.9. The number of methoxy groups -OCH3 is 1. The number of benzene rings is 2. The summed E-state index contributed by atoms with van der Waals surface area (Å²) in [4.78, 5) is 0. The molecule has 0 amide bonds. The first-order valence-corrected chi connectivity index (χ1v) is 7.09. The maximum absolute atomic E-state index is 13.4. The molecule has 1 unspecified atom stereocenters. The topological polar surface area (TPSA) is 35.2 Å². The number of hydrogen-bond donors (Lipinski definition) is 1. The van der Waals surface area contributed by atoms with E-state index >= 15 is 0 Å². The van der Waals surface area contributed by atoms with E-state index in [4.69, 9.17) is 10.5 Å². The molecule has 0 saturated carbocycles. The lowest BCUT2D eigenvalue weighted by atomic mass is 9.95. The predicted molar refractivity (Wildman–Crippen MR) is 82.6 cm³/mol. The van der Waals surface area contributed by atoms with Crippen molar-refractivity contribution in [3.63, 3.8) is 0 Å². The molecule has 20 heavy (non-hydrogen) atoms. The van der Waals surface area contributed by atoms with Gasteiger partial charge in [-0.1, -0.05) is 28.1 Å². The highest BCUT2D eigenvalue weighted by molar-refractivity contribution is 9.10. The van der Waals surface area contributed by atoms with Gasteiger partial charge in [0.05, 0.1) is 13.2 Å². The summed E-state index contributed by atoms with van der Waals surface area (Å²) in [5, 5.41) is 0. The van der Waals surface area contributed by atoms with E-state index in [2.05, 4.69) is 15.9 Å². The number of hydrogen-bond acceptors (Lipinski definition) is 2. The third-order valence-corrected chi connectivity index (χ3v) is 4.26. The number of halogens is 2. The SMILES string of the molecule is COc1c(C(N)c2cc(F)ccc2Br)ccc(C)c1C. The summed E-state index contributed by atoms with van der Waals surface area (Å²) >= 11 is 3.42. The van der Waals surface area contributed by atoms with Gasteiger partial charge in [-0.05, 0) is 48.7 Å². The lowest BCUT2D eigenvalue weighted by molar-refractivity contribution is 0.404. The maximum atomic E-state index is 13.4. The third-order valence-electron chi connectivity index (χ3n) is 3.54. The van der Waals surface area contributed by atoms with Crippen LogP contribution >= 0.6 is 15.9 Å². The zero-order valence-corrected chi connectivity index (χ0v) is 13.3. The zero-order valence-electron chi connectivity index (χ0n) is 11.7. The average Bonchev–Trinajstić information content (AvgIpc) is 2.43. The van der Waals surface area contributed by atoms with Gasteiger partial charge >= 0.3 is 0 Å². The molecular weight excluding hydrogens is 321 g/mol. The van der Waals surface area contributed by atoms with Crippen LogP contribution in [0.3, 0.4) is 0 Å². The van der Waals surface area contributed by atoms with Gasteiger partial charge in [0, 0.05) is 10.0 Å². The fourth-order valence-electron chi connectivity index (χ4n) is 2.25. The van der Waals surface area contributed by atoms with Crippen LogP contribution in [0, 0.1) is 19.7 Å². The molecule has 1 atom stereocenters. The molecule has 0 heterocycles. The van der Waals surface area contributed by atoms with Crippen LogP contribution in [0.2, 0.25) is 0 Å². The number of ether oxygens (including phenoxy) is 1. The summed E-state index contributed by atoms with van der Waals surface area (Å²) in [5.74, 6) is 0.454. The van der Waals surface area contributed by atoms with Gasteiger partial charge in [-0.25, -0.2) is 4.39 Å². The molecule has 0 aliphatic carbocycles. The number of rotatable bonds is 3. The summed E-state index contributed by atoms with van der Waals surface area (Å²) in [6.45, 7) is 4.01. The van der Waals surface area contributed by atoms with Crippen LogP contribution in [-0.4, -0.2) is 7.11 Å². The standard InChI is InChI=1S/C16H17BrFNO/c1-9-4-6-12(16(20-3)10(9)2)15(19)13-8-11(18)5-7-14(13)17/h4-8,15H,19H2,1-3H3. The molecule has 0 bridgehead atoms. The Bertz CT molecular complexity index is 643. The van der Waals surface area contributed by atoms with Gasteiger partial charge in [-0.15, -0.1) is 0 Å². The Kier molecular flexibility index (Phi) is 4.45. The van der Waals surface area contributed by atoms with Crippen molar-refractivity contribution in [2.75, 3.05) is 7.11 Å². The van der Waals surface area contributed by atoms with Crippen LogP contribution in [0.15, 0.2) is 34.8 Å². The van der Waals surface area contributed by atoms with Crippen molar-refractivity contribution in [2.24, 2.45) is 5.73 Å². The van der Waals surface area contributed by atoms with Gasteiger partial charge in [0.2, 0.25) is 0 Å². The van der Waals surface area contributed by atoms with Gasteiger partial charge < -0.3 is 10.5 Å². The third kappa shape index (κ3) is 2.72. The second kappa shape index (κ2) is 5.94. The lowest BCUT2D eigenvalue weighted by Gasteiger charge is -2.20. The molecule has 0 radical (unpaired) electrons. The van der Waals surface area contributed by atoms with Crippen molar-refractivity contribution in [1.29, 1.82) is 0 Å². The van der Waals surface area contributed by atoms with Crippen LogP contribution in [0.5, 0.6) is 5.75 Å². The Balaban J connectivity index is 2.56. The van der Waals surface area contributed by atoms with Gasteiger partial charge in [-0.3, -0.25) is 0 Å². The quantitative estimate of drug-likeness (QED) is 0.907. The smallest absolute Gasteiger partial charge is 0.127 e. The monoisotopic (exact) mass is 337 g/mol. The Morgan fingerprint density at radius 3 is 2.50 bits per heavy atom. The molecule has 0 aliphatic rings. The van der Waals surface area contributed by atoms with Crippen molar-refractivity contribution >= 4 is 15.9 Å². The molecule has 2 N–H and O–H groups in total. The van der Waals surface area contributed by atoms with Gasteiger partial charge in [0.1, 0.15) is 11.6 Å². The van der Waals surface area contributed by atoms with Gasteiger partial charge in [0.15, 0.2) is 0 Å². The highest BCUT2D eigenvalue weighted by Gasteiger charge is 2.19. The summed E-state index contributed by atoms with van der Waals surface area (Å²) in [6, 6.07) is 8.00. The first kappa shape index (κ1) is 15.0. The molecule has 2 aromatic rings. The van der Waals surface area contributed by atoms with Crippen LogP contribution in [0.1, 0.15) is 28.3 Å². The Hall–Kier alpha value is -1.39. The van der Waals surface area contributed by atoms with E-state index in [1.54, 1.807) is 13.2 Å². The summed E-state index contributed by atoms with van der Waals surface area (Å²) < 4.78 is 19.7. The van der Waals surface area contributed by atoms with E-state index in [1.807, 2.05) is 26.0 Å². The van der Waals surface area contributed by atoms with Crippen LogP contribution in [0.25, 0.3) is 0 Å². The molecule has 106 valence electrons. The second-order valence-corrected chi connectivity index (χ2v) is 5.63. The molecule has 2 rings (SSSR count). The van der Waals surface area contributed by atoms with E-state index in [-0.39, 0.29) is 5.82 Å². The lowest BCUT2D eigenvalue weighted by Crippen LogP contribution is -2.15. The van der Waals surface area contributed by atoms with Crippen molar-refractivity contribution < 1.29 is 9.13 Å². The normalized spacial score (nSPS) is 12.3. The molecule has 2 nitrogen and oxygen atoms in total. The van der Waals surface area contributed by atoms with Crippen molar-refractivity contribution in [3.8, 4) is 5.75 Å². The van der Waals surface area contributed by atoms with Crippen LogP contribution < -0.4 is 10.5 Å². The fraction of sp³-hybridized carbons (Fsp3) is 0.250. The Morgan fingerprint density at radius 2 is 1.85 bits per heavy atom. The minimum absolute atomic E-state index is 0.304. The van der Waals surface area contributed by atoms with Crippen molar-refractivity contribution in [3.05, 3.63) is 62.9 Å². The highest BCUT2D eigenvalue weighted by Crippen LogP contribution is 2.35. The molecule has 0 fully saturated rings. The van der Waals surface area contributed by atoms with E-state index < -0.39 is 6.04 Å². The fourth-order valence-corrected chi connectivity index (χ4v) is 2.74. The van der Waals surface area contributed by atoms with E-state index in [0.29, 0.717) is 5.56 Å². The molecule has 0 saturated heterocycles. The van der Waals surface area contributed by atoms with Gasteiger partial charge in [-0.2, -0.15) is 0 Å². The van der Waals surface area contributed by atoms with E-state index in [1.165, 1.54) is 12.1 Å². The average molecular weight is 338 g/mol. The molecule has 2 aromatic carbocycles. The summed E-state index contributed by atoms with van der Waals surface area (Å²) in [7, 11) is 1.62. The number of nitrogens with two attached hydrogens (primary N) is 1. The first-order valence-electron chi connectivity index (χ1n) is 6.30. The number of aryl methyl sites for hydroxylation is 1. The van der Waals surface area contributed by atoms with Crippen LogP contribution in [0.4, 0.5) is 4.39 Å². The minimum atomic E-state index is -0.450. The summed E-state index contributed by atoms with van der Waals surface area (Å²) in [6.07, 6.45) is 0. The molecule has 4 heteroatoms. The summed E-state index contributed by atoms with van der Waals surface area (Å²) in [5.41, 5.74) is 10.0. The minimum Gasteiger partial charge on any atom is -0.496 e. The maximum Gasteiger partial charge on any atom is 0.127 e. The van der Waals surface area contributed by atoms with E-state index in [0.717, 1.165) is 26.9 Å². The highest BCUT2D eigenvalue weighted by atomic mass is 79.9. The molecular formula is C16H17BrFNO. The van der Waals surface area contributed by atoms with Crippen molar-refractivity contribution in [1.82, 2.24) is 0 Å². The Morgan fingerprint density at radius 1 is 1.15 bits per heavy atom. The van der Waals surface area contributed by atoms with Crippen molar-refractivity contribution in [2.45, 2.75) is 19.9 Å². The molecule has 0 aliphatic heterocycles. The predicted octanol–water partition coefficient (Wildman–Crippen LogP) is 4.26. The molecule has 0 spiro atoms. The van der Waals surface area contributed by atoms with Crippen LogP contribution in [-0.2, 0) is 0 Å². The van der Waals surface area contributed by atoms with E-state index in [9.17, 15) is 4.39 Å².